The number of ether oxygens (including phenoxy) is 2. The highest BCUT2D eigenvalue weighted by Gasteiger charge is 2.45. The Balaban J connectivity index is 0.981. The van der Waals surface area contributed by atoms with Gasteiger partial charge in [-0.2, -0.15) is 5.10 Å². The van der Waals surface area contributed by atoms with Crippen LogP contribution in [0.15, 0.2) is 73.1 Å². The molecule has 9 rings (SSSR count). The molecule has 9 heteroatoms. The summed E-state index contributed by atoms with van der Waals surface area (Å²) in [6, 6.07) is 23.0. The second-order valence-electron chi connectivity index (χ2n) is 13.2. The average molecular weight is 613 g/mol. The zero-order valence-corrected chi connectivity index (χ0v) is 25.9. The van der Waals surface area contributed by atoms with Crippen molar-refractivity contribution in [3.63, 3.8) is 0 Å². The fourth-order valence-electron chi connectivity index (χ4n) is 8.07. The largest absolute Gasteiger partial charge is 0.447 e. The Morgan fingerprint density at radius 2 is 1.61 bits per heavy atom. The molecule has 6 heterocycles. The summed E-state index contributed by atoms with van der Waals surface area (Å²) in [6.45, 7) is 4.16. The standard InChI is InChI=1S/C37H36N6O3/c1-22-19-46-37(44)42(22)33-3-2-14-38-35(33)25-7-5-24(6-8-25)34-32-16-28(18-39-36(32)41-40-34)27-9-4-23-10-12-29(13-11-26(23)15-27)43-30-17-31(43)21-45-20-30/h2-9,14-16,18,22,29-31H,10-13,17,19-21H2,1H3,(H,39,40,41)/t22-,29+,30?,31?/m1/s1. The highest BCUT2D eigenvalue weighted by Crippen LogP contribution is 2.39. The van der Waals surface area contributed by atoms with E-state index in [1.807, 2.05) is 37.4 Å². The molecule has 5 aromatic rings. The Morgan fingerprint density at radius 1 is 0.826 bits per heavy atom. The molecule has 9 nitrogen and oxygen atoms in total. The van der Waals surface area contributed by atoms with Crippen molar-refractivity contribution in [2.45, 2.75) is 63.2 Å². The number of nitrogens with one attached hydrogen (secondary N) is 1. The number of morpholine rings is 1. The summed E-state index contributed by atoms with van der Waals surface area (Å²) in [5, 5.41) is 8.73. The molecule has 232 valence electrons. The van der Waals surface area contributed by atoms with Gasteiger partial charge in [-0.3, -0.25) is 19.9 Å². The van der Waals surface area contributed by atoms with E-state index < -0.39 is 0 Å². The van der Waals surface area contributed by atoms with Crippen LogP contribution in [0.4, 0.5) is 10.5 Å². The monoisotopic (exact) mass is 612 g/mol. The van der Waals surface area contributed by atoms with Crippen molar-refractivity contribution in [2.24, 2.45) is 0 Å². The van der Waals surface area contributed by atoms with Gasteiger partial charge >= 0.3 is 6.09 Å². The van der Waals surface area contributed by atoms with Crippen LogP contribution in [-0.4, -0.2) is 75.1 Å². The van der Waals surface area contributed by atoms with Gasteiger partial charge in [0, 0.05) is 52.6 Å². The molecule has 1 N–H and O–H groups in total. The minimum absolute atomic E-state index is 0.0511. The van der Waals surface area contributed by atoms with E-state index in [1.165, 1.54) is 36.0 Å². The van der Waals surface area contributed by atoms with Gasteiger partial charge in [-0.05, 0) is 73.9 Å². The third kappa shape index (κ3) is 4.60. The molecular weight excluding hydrogens is 576 g/mol. The molecular formula is C37H36N6O3. The molecule has 4 aliphatic rings. The van der Waals surface area contributed by atoms with Gasteiger partial charge in [0.05, 0.1) is 36.3 Å². The molecule has 3 aromatic heterocycles. The number of carbonyl (C=O) groups is 1. The van der Waals surface area contributed by atoms with E-state index in [4.69, 9.17) is 14.5 Å². The van der Waals surface area contributed by atoms with Crippen LogP contribution < -0.4 is 4.90 Å². The van der Waals surface area contributed by atoms with Gasteiger partial charge in [0.2, 0.25) is 0 Å². The van der Waals surface area contributed by atoms with Crippen LogP contribution in [0.1, 0.15) is 37.3 Å². The van der Waals surface area contributed by atoms with Gasteiger partial charge in [-0.15, -0.1) is 0 Å². The number of cyclic esters (lactones) is 1. The summed E-state index contributed by atoms with van der Waals surface area (Å²) >= 11 is 0. The predicted octanol–water partition coefficient (Wildman–Crippen LogP) is 6.42. The molecule has 2 aromatic carbocycles. The highest BCUT2D eigenvalue weighted by atomic mass is 16.6. The van der Waals surface area contributed by atoms with Gasteiger partial charge in [-0.1, -0.05) is 42.5 Å². The molecule has 4 atom stereocenters. The lowest BCUT2D eigenvalue weighted by molar-refractivity contribution is -0.148. The quantitative estimate of drug-likeness (QED) is 0.229. The summed E-state index contributed by atoms with van der Waals surface area (Å²) < 4.78 is 11.0. The van der Waals surface area contributed by atoms with Crippen molar-refractivity contribution >= 4 is 22.8 Å². The number of pyridine rings is 2. The number of aryl methyl sites for hydroxylation is 2. The molecule has 3 saturated heterocycles. The van der Waals surface area contributed by atoms with Crippen LogP contribution in [-0.2, 0) is 22.3 Å². The summed E-state index contributed by atoms with van der Waals surface area (Å²) in [5.41, 5.74) is 10.3. The number of benzene rings is 2. The number of amides is 1. The minimum atomic E-state index is -0.339. The second-order valence-corrected chi connectivity index (χ2v) is 13.2. The first-order valence-corrected chi connectivity index (χ1v) is 16.4. The Bertz CT molecular complexity index is 1940. The fourth-order valence-corrected chi connectivity index (χ4v) is 8.07. The van der Waals surface area contributed by atoms with Crippen LogP contribution in [0.2, 0.25) is 0 Å². The molecule has 1 aliphatic carbocycles. The third-order valence-electron chi connectivity index (χ3n) is 10.5. The third-order valence-corrected chi connectivity index (χ3v) is 10.5. The summed E-state index contributed by atoms with van der Waals surface area (Å²) in [5.74, 6) is 0. The number of nitrogens with zero attached hydrogens (tertiary/aromatic N) is 5. The van der Waals surface area contributed by atoms with Crippen LogP contribution in [0.5, 0.6) is 0 Å². The number of aromatic amines is 1. The van der Waals surface area contributed by atoms with Gasteiger partial charge in [0.15, 0.2) is 5.65 Å². The normalized spacial score (nSPS) is 24.4. The Hall–Kier alpha value is -4.60. The maximum Gasteiger partial charge on any atom is 0.414 e. The van der Waals surface area contributed by atoms with E-state index in [-0.39, 0.29) is 12.1 Å². The molecule has 3 aliphatic heterocycles. The maximum absolute atomic E-state index is 12.5. The summed E-state index contributed by atoms with van der Waals surface area (Å²) in [6.07, 6.45) is 9.35. The molecule has 1 amide bonds. The molecule has 46 heavy (non-hydrogen) atoms. The fraction of sp³-hybridized carbons (Fsp3) is 0.351. The highest BCUT2D eigenvalue weighted by molar-refractivity contribution is 5.96. The van der Waals surface area contributed by atoms with Crippen molar-refractivity contribution in [3.8, 4) is 33.6 Å². The zero-order valence-electron chi connectivity index (χ0n) is 25.9. The van der Waals surface area contributed by atoms with E-state index in [9.17, 15) is 4.79 Å². The van der Waals surface area contributed by atoms with Crippen molar-refractivity contribution in [1.29, 1.82) is 0 Å². The first-order chi connectivity index (χ1) is 22.6. The zero-order chi connectivity index (χ0) is 30.8. The number of anilines is 1. The van der Waals surface area contributed by atoms with E-state index in [0.29, 0.717) is 30.4 Å². The van der Waals surface area contributed by atoms with Crippen molar-refractivity contribution < 1.29 is 14.3 Å². The molecule has 0 saturated carbocycles. The maximum atomic E-state index is 12.5. The Morgan fingerprint density at radius 3 is 2.39 bits per heavy atom. The molecule has 3 fully saturated rings. The topological polar surface area (TPSA) is 96.5 Å². The second kappa shape index (κ2) is 11.0. The van der Waals surface area contributed by atoms with Gasteiger partial charge < -0.3 is 9.47 Å². The number of hydrogen-bond donors (Lipinski definition) is 1. The SMILES string of the molecule is C[C@@H]1COC(=O)N1c1cccnc1-c1ccc(-c2[nH]nc3ncc(-c4ccc5c(c4)CC[C@@H](N4C6COCC4C6)CC5)cc23)cc1. The van der Waals surface area contributed by atoms with Gasteiger partial charge in [-0.25, -0.2) is 9.78 Å². The van der Waals surface area contributed by atoms with Crippen molar-refractivity contribution in [1.82, 2.24) is 25.1 Å². The van der Waals surface area contributed by atoms with E-state index in [2.05, 4.69) is 56.5 Å². The van der Waals surface area contributed by atoms with Gasteiger partial charge in [0.1, 0.15) is 6.61 Å². The first-order valence-electron chi connectivity index (χ1n) is 16.4. The van der Waals surface area contributed by atoms with Crippen LogP contribution >= 0.6 is 0 Å². The van der Waals surface area contributed by atoms with E-state index in [1.54, 1.807) is 11.1 Å². The number of hydrogen-bond acceptors (Lipinski definition) is 7. The minimum Gasteiger partial charge on any atom is -0.447 e. The predicted molar refractivity (Wildman–Crippen MR) is 177 cm³/mol. The summed E-state index contributed by atoms with van der Waals surface area (Å²) in [4.78, 5) is 26.3. The van der Waals surface area contributed by atoms with Crippen molar-refractivity contribution in [2.75, 3.05) is 24.7 Å². The summed E-state index contributed by atoms with van der Waals surface area (Å²) in [7, 11) is 0. The van der Waals surface area contributed by atoms with Crippen LogP contribution in [0.25, 0.3) is 44.7 Å². The molecule has 0 spiro atoms. The lowest BCUT2D eigenvalue weighted by Crippen LogP contribution is -2.66. The lowest BCUT2D eigenvalue weighted by atomic mass is 9.87. The first kappa shape index (κ1) is 27.7. The number of H-pyrrole nitrogens is 1. The molecule has 2 unspecified atom stereocenters. The van der Waals surface area contributed by atoms with E-state index >= 15 is 0 Å². The van der Waals surface area contributed by atoms with Crippen LogP contribution in [0, 0.1) is 0 Å². The molecule has 0 radical (unpaired) electrons. The number of rotatable bonds is 5. The van der Waals surface area contributed by atoms with E-state index in [0.717, 1.165) is 65.2 Å². The lowest BCUT2D eigenvalue weighted by Gasteiger charge is -2.56. The number of carbonyl (C=O) groups excluding carboxylic acids is 1. The molecule has 2 bridgehead atoms. The average Bonchev–Trinajstić information content (AvgIpc) is 3.60. The Kier molecular flexibility index (Phi) is 6.64. The van der Waals surface area contributed by atoms with Crippen molar-refractivity contribution in [3.05, 3.63) is 84.2 Å². The number of aromatic nitrogens is 4. The number of fused-ring (bicyclic) bond motifs is 4. The smallest absolute Gasteiger partial charge is 0.414 e. The van der Waals surface area contributed by atoms with Gasteiger partial charge in [0.25, 0.3) is 0 Å². The van der Waals surface area contributed by atoms with Crippen LogP contribution in [0.3, 0.4) is 0 Å². The Labute approximate surface area is 267 Å².